The molecule has 1 aliphatic rings. The molecule has 1 aromatic heterocycles. The maximum Gasteiger partial charge on any atom is 0.241 e. The fourth-order valence-electron chi connectivity index (χ4n) is 2.19. The summed E-state index contributed by atoms with van der Waals surface area (Å²) < 4.78 is 5.91. The molecule has 0 saturated carbocycles. The van der Waals surface area contributed by atoms with Crippen LogP contribution in [-0.4, -0.2) is 29.4 Å². The summed E-state index contributed by atoms with van der Waals surface area (Å²) in [7, 11) is 0. The van der Waals surface area contributed by atoms with Crippen molar-refractivity contribution in [2.45, 2.75) is 19.4 Å². The molecule has 1 aromatic carbocycles. The number of hydrogen-bond donors (Lipinski definition) is 1. The first-order valence-electron chi connectivity index (χ1n) is 5.94. The van der Waals surface area contributed by atoms with Crippen molar-refractivity contribution in [1.29, 1.82) is 0 Å². The van der Waals surface area contributed by atoms with Gasteiger partial charge in [0.25, 0.3) is 0 Å². The molecule has 0 aliphatic carbocycles. The van der Waals surface area contributed by atoms with Crippen molar-refractivity contribution in [3.63, 3.8) is 0 Å². The summed E-state index contributed by atoms with van der Waals surface area (Å²) in [5.74, 6) is 0.653. The fraction of sp³-hybridized carbons (Fsp3) is 0.385. The average molecular weight is 229 g/mol. The molecule has 1 atom stereocenters. The molecular weight excluding hydrogens is 214 g/mol. The molecular formula is C13H15N3O. The molecule has 3 rings (SSSR count). The van der Waals surface area contributed by atoms with E-state index in [2.05, 4.69) is 21.6 Å². The van der Waals surface area contributed by atoms with Gasteiger partial charge in [0, 0.05) is 17.3 Å². The van der Waals surface area contributed by atoms with Gasteiger partial charge in [-0.05, 0) is 26.0 Å². The monoisotopic (exact) mass is 229 g/mol. The van der Waals surface area contributed by atoms with Crippen molar-refractivity contribution >= 4 is 10.8 Å². The van der Waals surface area contributed by atoms with E-state index in [-0.39, 0.29) is 6.10 Å². The highest BCUT2D eigenvalue weighted by Crippen LogP contribution is 2.25. The van der Waals surface area contributed by atoms with E-state index in [4.69, 9.17) is 4.74 Å². The molecule has 1 fully saturated rings. The van der Waals surface area contributed by atoms with Crippen LogP contribution in [0.15, 0.2) is 24.3 Å². The zero-order valence-electron chi connectivity index (χ0n) is 9.81. The number of benzene rings is 1. The molecule has 4 heteroatoms. The van der Waals surface area contributed by atoms with Gasteiger partial charge in [-0.3, -0.25) is 0 Å². The van der Waals surface area contributed by atoms with Crippen LogP contribution in [0.3, 0.4) is 0 Å². The third-order valence-corrected chi connectivity index (χ3v) is 3.13. The van der Waals surface area contributed by atoms with Gasteiger partial charge in [-0.2, -0.15) is 5.10 Å². The first-order chi connectivity index (χ1) is 8.34. The lowest BCUT2D eigenvalue weighted by Crippen LogP contribution is -2.20. The number of aryl methyl sites for hydroxylation is 1. The quantitative estimate of drug-likeness (QED) is 0.851. The van der Waals surface area contributed by atoms with Gasteiger partial charge in [0.2, 0.25) is 5.88 Å². The van der Waals surface area contributed by atoms with Crippen molar-refractivity contribution < 1.29 is 4.74 Å². The van der Waals surface area contributed by atoms with E-state index in [0.717, 1.165) is 36.0 Å². The number of ether oxygens (including phenoxy) is 1. The Labute approximate surface area is 100 Å². The standard InChI is InChI=1S/C13H15N3O/c1-9-11-4-2-3-5-12(11)13(16-15-9)17-10-6-7-14-8-10/h2-5,10,14H,6-8H2,1H3. The molecule has 1 N–H and O–H groups in total. The minimum absolute atomic E-state index is 0.218. The van der Waals surface area contributed by atoms with Crippen LogP contribution in [0.2, 0.25) is 0 Å². The second-order valence-corrected chi connectivity index (χ2v) is 4.37. The molecule has 0 radical (unpaired) electrons. The first kappa shape index (κ1) is 10.5. The van der Waals surface area contributed by atoms with Crippen LogP contribution < -0.4 is 10.1 Å². The third kappa shape index (κ3) is 1.96. The number of aromatic nitrogens is 2. The Balaban J connectivity index is 2.01. The zero-order chi connectivity index (χ0) is 11.7. The molecule has 0 bridgehead atoms. The highest BCUT2D eigenvalue weighted by molar-refractivity contribution is 5.88. The first-order valence-corrected chi connectivity index (χ1v) is 5.94. The van der Waals surface area contributed by atoms with Crippen molar-refractivity contribution in [3.8, 4) is 5.88 Å². The molecule has 1 unspecified atom stereocenters. The van der Waals surface area contributed by atoms with E-state index in [1.165, 1.54) is 0 Å². The normalized spacial score (nSPS) is 19.7. The highest BCUT2D eigenvalue weighted by Gasteiger charge is 2.18. The Morgan fingerprint density at radius 3 is 2.82 bits per heavy atom. The fourth-order valence-corrected chi connectivity index (χ4v) is 2.19. The summed E-state index contributed by atoms with van der Waals surface area (Å²) in [6.45, 7) is 3.88. The predicted octanol–water partition coefficient (Wildman–Crippen LogP) is 1.68. The van der Waals surface area contributed by atoms with Gasteiger partial charge >= 0.3 is 0 Å². The summed E-state index contributed by atoms with van der Waals surface area (Å²) in [5, 5.41) is 13.8. The van der Waals surface area contributed by atoms with E-state index < -0.39 is 0 Å². The van der Waals surface area contributed by atoms with Crippen LogP contribution in [0.4, 0.5) is 0 Å². The van der Waals surface area contributed by atoms with Crippen LogP contribution in [-0.2, 0) is 0 Å². The number of nitrogens with zero attached hydrogens (tertiary/aromatic N) is 2. The van der Waals surface area contributed by atoms with Crippen LogP contribution in [0.25, 0.3) is 10.8 Å². The largest absolute Gasteiger partial charge is 0.471 e. The minimum Gasteiger partial charge on any atom is -0.471 e. The molecule has 1 aliphatic heterocycles. The van der Waals surface area contributed by atoms with E-state index in [9.17, 15) is 0 Å². The molecule has 2 heterocycles. The zero-order valence-corrected chi connectivity index (χ0v) is 9.81. The number of rotatable bonds is 2. The number of fused-ring (bicyclic) bond motifs is 1. The van der Waals surface area contributed by atoms with Crippen molar-refractivity contribution in [2.24, 2.45) is 0 Å². The molecule has 4 nitrogen and oxygen atoms in total. The number of hydrogen-bond acceptors (Lipinski definition) is 4. The molecule has 17 heavy (non-hydrogen) atoms. The van der Waals surface area contributed by atoms with Crippen LogP contribution in [0.1, 0.15) is 12.1 Å². The van der Waals surface area contributed by atoms with Gasteiger partial charge in [0.1, 0.15) is 6.10 Å². The highest BCUT2D eigenvalue weighted by atomic mass is 16.5. The molecule has 0 amide bonds. The molecule has 1 saturated heterocycles. The average Bonchev–Trinajstić information content (AvgIpc) is 2.86. The topological polar surface area (TPSA) is 47.0 Å². The summed E-state index contributed by atoms with van der Waals surface area (Å²) in [5.41, 5.74) is 0.942. The van der Waals surface area contributed by atoms with Crippen molar-refractivity contribution in [1.82, 2.24) is 15.5 Å². The van der Waals surface area contributed by atoms with Gasteiger partial charge in [0.05, 0.1) is 5.69 Å². The van der Waals surface area contributed by atoms with Crippen molar-refractivity contribution in [2.75, 3.05) is 13.1 Å². The van der Waals surface area contributed by atoms with Gasteiger partial charge in [-0.15, -0.1) is 5.10 Å². The second kappa shape index (κ2) is 4.30. The van der Waals surface area contributed by atoms with Crippen molar-refractivity contribution in [3.05, 3.63) is 30.0 Å². The Bertz CT molecular complexity index is 535. The van der Waals surface area contributed by atoms with Crippen LogP contribution in [0.5, 0.6) is 5.88 Å². The lowest BCUT2D eigenvalue weighted by atomic mass is 10.1. The Kier molecular flexibility index (Phi) is 2.65. The van der Waals surface area contributed by atoms with Crippen LogP contribution >= 0.6 is 0 Å². The Morgan fingerprint density at radius 1 is 1.24 bits per heavy atom. The van der Waals surface area contributed by atoms with E-state index in [1.807, 2.05) is 25.1 Å². The summed E-state index contributed by atoms with van der Waals surface area (Å²) in [6.07, 6.45) is 1.25. The van der Waals surface area contributed by atoms with E-state index in [0.29, 0.717) is 5.88 Å². The lowest BCUT2D eigenvalue weighted by Gasteiger charge is -2.13. The lowest BCUT2D eigenvalue weighted by molar-refractivity contribution is 0.215. The smallest absolute Gasteiger partial charge is 0.241 e. The van der Waals surface area contributed by atoms with E-state index >= 15 is 0 Å². The summed E-state index contributed by atoms with van der Waals surface area (Å²) in [4.78, 5) is 0. The van der Waals surface area contributed by atoms with E-state index in [1.54, 1.807) is 0 Å². The predicted molar refractivity (Wildman–Crippen MR) is 66.2 cm³/mol. The number of nitrogens with one attached hydrogen (secondary N) is 1. The maximum absolute atomic E-state index is 5.91. The van der Waals surface area contributed by atoms with Gasteiger partial charge in [-0.1, -0.05) is 18.2 Å². The minimum atomic E-state index is 0.218. The molecule has 88 valence electrons. The summed E-state index contributed by atoms with van der Waals surface area (Å²) in [6, 6.07) is 8.11. The molecule has 0 spiro atoms. The van der Waals surface area contributed by atoms with Gasteiger partial charge in [0.15, 0.2) is 0 Å². The Morgan fingerprint density at radius 2 is 2.06 bits per heavy atom. The Hall–Kier alpha value is -1.68. The second-order valence-electron chi connectivity index (χ2n) is 4.37. The van der Waals surface area contributed by atoms with Crippen LogP contribution in [0, 0.1) is 6.92 Å². The third-order valence-electron chi connectivity index (χ3n) is 3.13. The SMILES string of the molecule is Cc1nnc(OC2CCNC2)c2ccccc12. The maximum atomic E-state index is 5.91. The van der Waals surface area contributed by atoms with Gasteiger partial charge < -0.3 is 10.1 Å². The van der Waals surface area contributed by atoms with Gasteiger partial charge in [-0.25, -0.2) is 0 Å². The summed E-state index contributed by atoms with van der Waals surface area (Å²) >= 11 is 0. The molecule has 2 aromatic rings.